The van der Waals surface area contributed by atoms with Gasteiger partial charge in [-0.2, -0.15) is 39.5 Å². The number of rotatable bonds is 6. The van der Waals surface area contributed by atoms with Gasteiger partial charge >= 0.3 is 30.7 Å². The molecule has 244 valence electrons. The van der Waals surface area contributed by atoms with Crippen LogP contribution in [-0.4, -0.2) is 35.8 Å². The monoisotopic (exact) mass is 642 g/mol. The molecule has 0 radical (unpaired) electrons. The number of hydrogen-bond donors (Lipinski definition) is 0. The molecule has 0 spiro atoms. The standard InChI is InChI=1S/C29H31F9N2O4/c1-6-43-25(41)39(14-17-9-19(28(33,34)35)11-20(10-17)29(36,37)38)24-13-23(15(2)3)40(26(42)44-16(4)5)22-8-7-18(12-21(22)24)27(30,31)32/h7-12,15-16,23-24H,6,13-14H2,1-5H3/t23-,24-/m0/s1. The number of anilines is 1. The van der Waals surface area contributed by atoms with E-state index in [4.69, 9.17) is 9.47 Å². The van der Waals surface area contributed by atoms with Crippen molar-refractivity contribution in [1.29, 1.82) is 0 Å². The van der Waals surface area contributed by atoms with Gasteiger partial charge in [-0.3, -0.25) is 9.80 Å². The summed E-state index contributed by atoms with van der Waals surface area (Å²) in [5.74, 6) is -0.387. The lowest BCUT2D eigenvalue weighted by Gasteiger charge is -2.45. The van der Waals surface area contributed by atoms with Crippen LogP contribution in [0.25, 0.3) is 0 Å². The van der Waals surface area contributed by atoms with Crippen LogP contribution in [0.5, 0.6) is 0 Å². The number of carbonyl (C=O) groups is 2. The third-order valence-electron chi connectivity index (χ3n) is 6.95. The number of alkyl halides is 9. The average molecular weight is 643 g/mol. The van der Waals surface area contributed by atoms with Crippen LogP contribution in [0.4, 0.5) is 54.8 Å². The third kappa shape index (κ3) is 7.89. The van der Waals surface area contributed by atoms with Crippen LogP contribution in [0.1, 0.15) is 74.9 Å². The van der Waals surface area contributed by atoms with Crippen molar-refractivity contribution in [3.63, 3.8) is 0 Å². The fourth-order valence-electron chi connectivity index (χ4n) is 5.03. The molecule has 2 aromatic carbocycles. The number of hydrogen-bond acceptors (Lipinski definition) is 4. The molecular weight excluding hydrogens is 611 g/mol. The van der Waals surface area contributed by atoms with Gasteiger partial charge in [0, 0.05) is 12.6 Å². The SMILES string of the molecule is CCOC(=O)N(Cc1cc(C(F)(F)F)cc(C(F)(F)F)c1)[C@H]1C[C@@H](C(C)C)N(C(=O)OC(C)C)c2ccc(C(F)(F)F)cc21. The zero-order chi connectivity index (χ0) is 33.4. The predicted molar refractivity (Wildman–Crippen MR) is 141 cm³/mol. The van der Waals surface area contributed by atoms with Gasteiger partial charge in [0.05, 0.1) is 41.1 Å². The third-order valence-corrected chi connectivity index (χ3v) is 6.95. The van der Waals surface area contributed by atoms with Gasteiger partial charge in [-0.15, -0.1) is 0 Å². The fourth-order valence-corrected chi connectivity index (χ4v) is 5.03. The van der Waals surface area contributed by atoms with E-state index in [9.17, 15) is 49.1 Å². The molecule has 0 saturated carbocycles. The first-order valence-corrected chi connectivity index (χ1v) is 13.6. The highest BCUT2D eigenvalue weighted by atomic mass is 19.4. The number of fused-ring (bicyclic) bond motifs is 1. The molecule has 3 rings (SSSR count). The molecule has 0 N–H and O–H groups in total. The summed E-state index contributed by atoms with van der Waals surface area (Å²) in [5.41, 5.74) is -5.27. The molecule has 2 aromatic rings. The highest BCUT2D eigenvalue weighted by Crippen LogP contribution is 2.46. The average Bonchev–Trinajstić information content (AvgIpc) is 2.88. The molecule has 0 fully saturated rings. The fraction of sp³-hybridized carbons (Fsp3) is 0.517. The Labute approximate surface area is 247 Å². The number of carbonyl (C=O) groups excluding carboxylic acids is 2. The first kappa shape index (κ1) is 34.8. The van der Waals surface area contributed by atoms with E-state index in [1.807, 2.05) is 0 Å². The van der Waals surface area contributed by atoms with Crippen LogP contribution < -0.4 is 4.90 Å². The summed E-state index contributed by atoms with van der Waals surface area (Å²) in [6, 6.07) is 1.09. The number of benzene rings is 2. The van der Waals surface area contributed by atoms with Gasteiger partial charge in [0.25, 0.3) is 0 Å². The minimum atomic E-state index is -5.18. The lowest BCUT2D eigenvalue weighted by molar-refractivity contribution is -0.143. The molecule has 0 aliphatic carbocycles. The van der Waals surface area contributed by atoms with Gasteiger partial charge in [0.15, 0.2) is 0 Å². The predicted octanol–water partition coefficient (Wildman–Crippen LogP) is 9.22. The Hall–Kier alpha value is -3.65. The van der Waals surface area contributed by atoms with Crippen LogP contribution in [0.15, 0.2) is 36.4 Å². The summed E-state index contributed by atoms with van der Waals surface area (Å²) < 4.78 is 133. The van der Waals surface area contributed by atoms with E-state index >= 15 is 0 Å². The summed E-state index contributed by atoms with van der Waals surface area (Å²) in [6.45, 7) is 6.79. The minimum absolute atomic E-state index is 0.0621. The largest absolute Gasteiger partial charge is 0.450 e. The molecule has 44 heavy (non-hydrogen) atoms. The Morgan fingerprint density at radius 3 is 1.86 bits per heavy atom. The smallest absolute Gasteiger partial charge is 0.416 e. The van der Waals surface area contributed by atoms with Crippen molar-refractivity contribution in [2.45, 2.75) is 84.3 Å². The van der Waals surface area contributed by atoms with E-state index in [1.165, 1.54) is 6.92 Å². The second-order valence-electron chi connectivity index (χ2n) is 10.9. The van der Waals surface area contributed by atoms with Crippen molar-refractivity contribution in [1.82, 2.24) is 4.90 Å². The number of amides is 2. The first-order valence-electron chi connectivity index (χ1n) is 13.6. The van der Waals surface area contributed by atoms with Crippen LogP contribution >= 0.6 is 0 Å². The van der Waals surface area contributed by atoms with E-state index in [0.29, 0.717) is 18.2 Å². The molecule has 1 aliphatic rings. The molecule has 1 heterocycles. The van der Waals surface area contributed by atoms with Crippen molar-refractivity contribution < 1.29 is 58.6 Å². The van der Waals surface area contributed by atoms with E-state index in [2.05, 4.69) is 0 Å². The van der Waals surface area contributed by atoms with Crippen LogP contribution in [0, 0.1) is 5.92 Å². The van der Waals surface area contributed by atoms with Gasteiger partial charge in [0.2, 0.25) is 0 Å². The van der Waals surface area contributed by atoms with Gasteiger partial charge in [-0.25, -0.2) is 9.59 Å². The minimum Gasteiger partial charge on any atom is -0.450 e. The zero-order valence-electron chi connectivity index (χ0n) is 24.3. The number of halogens is 9. The molecule has 0 unspecified atom stereocenters. The quantitative estimate of drug-likeness (QED) is 0.295. The second kappa shape index (κ2) is 12.8. The lowest BCUT2D eigenvalue weighted by Crippen LogP contribution is -2.51. The first-order chi connectivity index (χ1) is 20.1. The van der Waals surface area contributed by atoms with Crippen molar-refractivity contribution in [2.24, 2.45) is 5.92 Å². The van der Waals surface area contributed by atoms with Gasteiger partial charge in [0.1, 0.15) is 0 Å². The molecule has 1 aliphatic heterocycles. The molecule has 2 amide bonds. The van der Waals surface area contributed by atoms with Crippen molar-refractivity contribution >= 4 is 17.9 Å². The van der Waals surface area contributed by atoms with Crippen LogP contribution in [-0.2, 0) is 34.5 Å². The Kier molecular flexibility index (Phi) is 10.1. The van der Waals surface area contributed by atoms with Gasteiger partial charge in [-0.1, -0.05) is 13.8 Å². The Balaban J connectivity index is 2.28. The number of nitrogens with zero attached hydrogens (tertiary/aromatic N) is 2. The summed E-state index contributed by atoms with van der Waals surface area (Å²) >= 11 is 0. The summed E-state index contributed by atoms with van der Waals surface area (Å²) in [5, 5.41) is 0. The van der Waals surface area contributed by atoms with E-state index in [-0.39, 0.29) is 36.3 Å². The van der Waals surface area contributed by atoms with Crippen LogP contribution in [0.2, 0.25) is 0 Å². The molecule has 0 bridgehead atoms. The Bertz CT molecular complexity index is 1320. The van der Waals surface area contributed by atoms with Gasteiger partial charge < -0.3 is 9.47 Å². The Morgan fingerprint density at radius 2 is 1.41 bits per heavy atom. The highest BCUT2D eigenvalue weighted by molar-refractivity contribution is 5.91. The summed E-state index contributed by atoms with van der Waals surface area (Å²) in [4.78, 5) is 28.4. The Morgan fingerprint density at radius 1 is 0.864 bits per heavy atom. The van der Waals surface area contributed by atoms with Crippen molar-refractivity contribution in [3.8, 4) is 0 Å². The molecule has 2 atom stereocenters. The normalized spacial score (nSPS) is 17.5. The molecule has 15 heteroatoms. The maximum atomic E-state index is 13.8. The second-order valence-corrected chi connectivity index (χ2v) is 10.9. The maximum Gasteiger partial charge on any atom is 0.416 e. The van der Waals surface area contributed by atoms with E-state index in [0.717, 1.165) is 21.9 Å². The topological polar surface area (TPSA) is 59.1 Å². The molecule has 0 aromatic heterocycles. The lowest BCUT2D eigenvalue weighted by atomic mass is 9.84. The summed E-state index contributed by atoms with van der Waals surface area (Å²) in [7, 11) is 0. The molecular formula is C29H31F9N2O4. The number of ether oxygens (including phenoxy) is 2. The van der Waals surface area contributed by atoms with Crippen LogP contribution in [0.3, 0.4) is 0 Å². The van der Waals surface area contributed by atoms with Crippen molar-refractivity contribution in [2.75, 3.05) is 11.5 Å². The summed E-state index contributed by atoms with van der Waals surface area (Å²) in [6.07, 6.45) is -18.1. The molecule has 0 saturated heterocycles. The molecule has 6 nitrogen and oxygen atoms in total. The van der Waals surface area contributed by atoms with E-state index < -0.39 is 77.7 Å². The zero-order valence-corrected chi connectivity index (χ0v) is 24.3. The van der Waals surface area contributed by atoms with E-state index in [1.54, 1.807) is 27.7 Å². The van der Waals surface area contributed by atoms with Crippen molar-refractivity contribution in [3.05, 3.63) is 64.2 Å². The highest BCUT2D eigenvalue weighted by Gasteiger charge is 2.44. The maximum absolute atomic E-state index is 13.8. The van der Waals surface area contributed by atoms with Gasteiger partial charge in [-0.05, 0) is 80.6 Å².